The molecule has 0 aliphatic heterocycles. The second-order valence-corrected chi connectivity index (χ2v) is 6.41. The van der Waals surface area contributed by atoms with Gasteiger partial charge in [0.25, 0.3) is 0 Å². The summed E-state index contributed by atoms with van der Waals surface area (Å²) in [6.07, 6.45) is 0. The second-order valence-electron chi connectivity index (χ2n) is 3.51. The van der Waals surface area contributed by atoms with E-state index in [1.807, 2.05) is 6.07 Å². The van der Waals surface area contributed by atoms with Gasteiger partial charge >= 0.3 is 0 Å². The van der Waals surface area contributed by atoms with E-state index in [4.69, 9.17) is 9.47 Å². The van der Waals surface area contributed by atoms with Crippen LogP contribution < -0.4 is 0 Å². The van der Waals surface area contributed by atoms with Crippen molar-refractivity contribution in [2.24, 2.45) is 0 Å². The van der Waals surface area contributed by atoms with Crippen LogP contribution in [0.1, 0.15) is 5.56 Å². The SMILES string of the molecule is COC(OC)[SiH](C)Cc1ccccc1. The van der Waals surface area contributed by atoms with Gasteiger partial charge in [-0.1, -0.05) is 42.4 Å². The van der Waals surface area contributed by atoms with Crippen molar-refractivity contribution in [2.75, 3.05) is 14.2 Å². The molecule has 0 heterocycles. The Morgan fingerprint density at radius 3 is 2.21 bits per heavy atom. The van der Waals surface area contributed by atoms with E-state index in [1.165, 1.54) is 5.56 Å². The molecule has 1 atom stereocenters. The molecule has 1 unspecified atom stereocenters. The summed E-state index contributed by atoms with van der Waals surface area (Å²) in [5.74, 6) is 0.0233. The topological polar surface area (TPSA) is 18.5 Å². The molecule has 0 spiro atoms. The highest BCUT2D eigenvalue weighted by atomic mass is 28.3. The Hall–Kier alpha value is -0.643. The summed E-state index contributed by atoms with van der Waals surface area (Å²) in [5, 5.41) is 0. The molecule has 0 fully saturated rings. The van der Waals surface area contributed by atoms with E-state index in [0.717, 1.165) is 6.04 Å². The minimum Gasteiger partial charge on any atom is -0.360 e. The van der Waals surface area contributed by atoms with Gasteiger partial charge in [0.05, 0.1) is 0 Å². The first-order valence-corrected chi connectivity index (χ1v) is 7.51. The zero-order valence-corrected chi connectivity index (χ0v) is 10.2. The molecule has 3 heteroatoms. The summed E-state index contributed by atoms with van der Waals surface area (Å²) in [6, 6.07) is 11.6. The maximum atomic E-state index is 5.27. The van der Waals surface area contributed by atoms with E-state index < -0.39 is 8.80 Å². The van der Waals surface area contributed by atoms with Crippen molar-refractivity contribution < 1.29 is 9.47 Å². The molecule has 0 aliphatic rings. The summed E-state index contributed by atoms with van der Waals surface area (Å²) in [4.78, 5) is 0. The molecule has 0 aliphatic carbocycles. The summed E-state index contributed by atoms with van der Waals surface area (Å²) < 4.78 is 10.5. The van der Waals surface area contributed by atoms with Gasteiger partial charge in [-0.05, 0) is 6.04 Å². The first kappa shape index (κ1) is 11.4. The second kappa shape index (κ2) is 5.96. The summed E-state index contributed by atoms with van der Waals surface area (Å²) in [5.41, 5.74) is 1.38. The number of hydrogen-bond acceptors (Lipinski definition) is 2. The van der Waals surface area contributed by atoms with Crippen LogP contribution in [0.2, 0.25) is 6.55 Å². The third-order valence-electron chi connectivity index (χ3n) is 2.33. The van der Waals surface area contributed by atoms with Crippen LogP contribution in [0.25, 0.3) is 0 Å². The average molecular weight is 210 g/mol. The van der Waals surface area contributed by atoms with Crippen molar-refractivity contribution in [1.29, 1.82) is 0 Å². The van der Waals surface area contributed by atoms with Gasteiger partial charge < -0.3 is 9.47 Å². The molecular weight excluding hydrogens is 192 g/mol. The van der Waals surface area contributed by atoms with Gasteiger partial charge in [-0.2, -0.15) is 0 Å². The van der Waals surface area contributed by atoms with Gasteiger partial charge in [0.2, 0.25) is 0 Å². The van der Waals surface area contributed by atoms with E-state index in [9.17, 15) is 0 Å². The summed E-state index contributed by atoms with van der Waals surface area (Å²) in [6.45, 7) is 2.27. The monoisotopic (exact) mass is 210 g/mol. The Bertz CT molecular complexity index is 247. The fraction of sp³-hybridized carbons (Fsp3) is 0.455. The normalized spacial score (nSPS) is 13.1. The first-order valence-electron chi connectivity index (χ1n) is 4.87. The summed E-state index contributed by atoms with van der Waals surface area (Å²) in [7, 11) is 2.43. The van der Waals surface area contributed by atoms with Crippen LogP contribution in [0.15, 0.2) is 30.3 Å². The molecule has 14 heavy (non-hydrogen) atoms. The Labute approximate surface area is 87.5 Å². The highest BCUT2D eigenvalue weighted by Crippen LogP contribution is 2.07. The smallest absolute Gasteiger partial charge is 0.137 e. The molecular formula is C11H18O2Si. The van der Waals surface area contributed by atoms with Crippen molar-refractivity contribution in [2.45, 2.75) is 18.5 Å². The number of rotatable bonds is 5. The highest BCUT2D eigenvalue weighted by Gasteiger charge is 2.17. The maximum Gasteiger partial charge on any atom is 0.137 e. The predicted molar refractivity (Wildman–Crippen MR) is 61.0 cm³/mol. The molecule has 1 aromatic rings. The number of methoxy groups -OCH3 is 2. The molecule has 0 saturated carbocycles. The number of benzene rings is 1. The lowest BCUT2D eigenvalue weighted by molar-refractivity contribution is -0.0470. The van der Waals surface area contributed by atoms with E-state index in [0.29, 0.717) is 0 Å². The van der Waals surface area contributed by atoms with Crippen LogP contribution >= 0.6 is 0 Å². The maximum absolute atomic E-state index is 5.27. The molecule has 0 aromatic heterocycles. The molecule has 78 valence electrons. The standard InChI is InChI=1S/C11H18O2Si/c1-12-11(13-2)14(3)9-10-7-5-4-6-8-10/h4-8,11,14H,9H2,1-3H3. The van der Waals surface area contributed by atoms with Crippen molar-refractivity contribution in [3.05, 3.63) is 35.9 Å². The van der Waals surface area contributed by atoms with E-state index >= 15 is 0 Å². The fourth-order valence-electron chi connectivity index (χ4n) is 1.64. The van der Waals surface area contributed by atoms with Gasteiger partial charge in [-0.25, -0.2) is 0 Å². The van der Waals surface area contributed by atoms with E-state index in [2.05, 4.69) is 30.8 Å². The van der Waals surface area contributed by atoms with Gasteiger partial charge in [0.15, 0.2) is 0 Å². The van der Waals surface area contributed by atoms with Crippen LogP contribution in [0.3, 0.4) is 0 Å². The lowest BCUT2D eigenvalue weighted by Gasteiger charge is -2.19. The van der Waals surface area contributed by atoms with Crippen molar-refractivity contribution in [1.82, 2.24) is 0 Å². The first-order chi connectivity index (χ1) is 6.77. The molecule has 2 nitrogen and oxygen atoms in total. The van der Waals surface area contributed by atoms with Crippen LogP contribution in [0, 0.1) is 0 Å². The average Bonchev–Trinajstić information content (AvgIpc) is 2.21. The molecule has 0 amide bonds. The Balaban J connectivity index is 2.52. The number of ether oxygens (including phenoxy) is 2. The highest BCUT2D eigenvalue weighted by molar-refractivity contribution is 6.57. The third kappa shape index (κ3) is 3.25. The largest absolute Gasteiger partial charge is 0.360 e. The quantitative estimate of drug-likeness (QED) is 0.545. The Kier molecular flexibility index (Phi) is 4.86. The van der Waals surface area contributed by atoms with Gasteiger partial charge in [0.1, 0.15) is 14.7 Å². The van der Waals surface area contributed by atoms with Crippen LogP contribution in [-0.4, -0.2) is 28.9 Å². The minimum absolute atomic E-state index is 0.0233. The predicted octanol–water partition coefficient (Wildman–Crippen LogP) is 1.78. The molecule has 0 bridgehead atoms. The Morgan fingerprint density at radius 2 is 1.71 bits per heavy atom. The van der Waals surface area contributed by atoms with Crippen molar-refractivity contribution >= 4 is 8.80 Å². The molecule has 0 N–H and O–H groups in total. The van der Waals surface area contributed by atoms with Gasteiger partial charge in [-0.15, -0.1) is 0 Å². The van der Waals surface area contributed by atoms with Crippen molar-refractivity contribution in [3.63, 3.8) is 0 Å². The van der Waals surface area contributed by atoms with E-state index in [-0.39, 0.29) is 5.91 Å². The zero-order valence-electron chi connectivity index (χ0n) is 9.07. The summed E-state index contributed by atoms with van der Waals surface area (Å²) >= 11 is 0. The molecule has 1 rings (SSSR count). The lowest BCUT2D eigenvalue weighted by Crippen LogP contribution is -2.33. The number of hydrogen-bond donors (Lipinski definition) is 0. The Morgan fingerprint density at radius 1 is 1.14 bits per heavy atom. The van der Waals surface area contributed by atoms with Gasteiger partial charge in [-0.3, -0.25) is 0 Å². The third-order valence-corrected chi connectivity index (χ3v) is 4.92. The van der Waals surface area contributed by atoms with Crippen LogP contribution in [0.5, 0.6) is 0 Å². The van der Waals surface area contributed by atoms with E-state index in [1.54, 1.807) is 14.2 Å². The molecule has 1 aromatic carbocycles. The van der Waals surface area contributed by atoms with Crippen molar-refractivity contribution in [3.8, 4) is 0 Å². The molecule has 0 radical (unpaired) electrons. The van der Waals surface area contributed by atoms with Gasteiger partial charge in [0, 0.05) is 14.2 Å². The zero-order chi connectivity index (χ0) is 10.4. The minimum atomic E-state index is -0.988. The molecule has 0 saturated heterocycles. The fourth-order valence-corrected chi connectivity index (χ4v) is 3.78. The van der Waals surface area contributed by atoms with Crippen LogP contribution in [0.4, 0.5) is 0 Å². The lowest BCUT2D eigenvalue weighted by atomic mass is 10.2. The van der Waals surface area contributed by atoms with Crippen LogP contribution in [-0.2, 0) is 15.5 Å².